The molecule has 0 fully saturated rings. The molecule has 0 unspecified atom stereocenters. The lowest BCUT2D eigenvalue weighted by atomic mass is 10.1. The minimum absolute atomic E-state index is 0.232. The number of ether oxygens (including phenoxy) is 2. The summed E-state index contributed by atoms with van der Waals surface area (Å²) in [5.74, 6) is -0.00629. The molecule has 3 aromatic rings. The van der Waals surface area contributed by atoms with Crippen LogP contribution in [0, 0.1) is 0 Å². The van der Waals surface area contributed by atoms with Crippen LogP contribution < -0.4 is 4.74 Å². The van der Waals surface area contributed by atoms with Crippen LogP contribution in [0.2, 0.25) is 0 Å². The molecule has 0 aliphatic rings. The lowest BCUT2D eigenvalue weighted by molar-refractivity contribution is 0.0603. The van der Waals surface area contributed by atoms with Crippen molar-refractivity contribution in [2.24, 2.45) is 0 Å². The first-order valence-electron chi connectivity index (χ1n) is 8.11. The van der Waals surface area contributed by atoms with Crippen molar-refractivity contribution in [1.29, 1.82) is 0 Å². The normalized spacial score (nSPS) is 10.5. The van der Waals surface area contributed by atoms with Crippen molar-refractivity contribution >= 4 is 22.8 Å². The monoisotopic (exact) mass is 349 g/mol. The number of fused-ring (bicyclic) bond motifs is 1. The second-order valence-electron chi connectivity index (χ2n) is 5.75. The van der Waals surface area contributed by atoms with Gasteiger partial charge in [0.05, 0.1) is 25.3 Å². The van der Waals surface area contributed by atoms with Gasteiger partial charge in [-0.1, -0.05) is 24.3 Å². The average molecular weight is 349 g/mol. The van der Waals surface area contributed by atoms with Crippen LogP contribution in [0.4, 0.5) is 0 Å². The number of esters is 1. The molecule has 0 spiro atoms. The SMILES string of the molecule is C=CCc1cc(C(=O)n2cc(C(=O)OC)c3ccccc32)ccc1OC. The zero-order valence-corrected chi connectivity index (χ0v) is 14.7. The Hall–Kier alpha value is -3.34. The van der Waals surface area contributed by atoms with Gasteiger partial charge in [0, 0.05) is 17.1 Å². The van der Waals surface area contributed by atoms with E-state index in [0.717, 1.165) is 5.56 Å². The summed E-state index contributed by atoms with van der Waals surface area (Å²) in [5.41, 5.74) is 2.38. The average Bonchev–Trinajstić information content (AvgIpc) is 3.06. The fourth-order valence-electron chi connectivity index (χ4n) is 2.99. The van der Waals surface area contributed by atoms with Crippen LogP contribution in [0.1, 0.15) is 26.3 Å². The number of allylic oxidation sites excluding steroid dienone is 1. The van der Waals surface area contributed by atoms with Crippen LogP contribution in [0.15, 0.2) is 61.3 Å². The molecule has 0 aliphatic heterocycles. The molecule has 1 heterocycles. The lowest BCUT2D eigenvalue weighted by Gasteiger charge is -2.10. The highest BCUT2D eigenvalue weighted by molar-refractivity contribution is 6.10. The van der Waals surface area contributed by atoms with Crippen molar-refractivity contribution in [2.75, 3.05) is 14.2 Å². The van der Waals surface area contributed by atoms with E-state index in [9.17, 15) is 9.59 Å². The lowest BCUT2D eigenvalue weighted by Crippen LogP contribution is -2.11. The van der Waals surface area contributed by atoms with E-state index in [-0.39, 0.29) is 5.91 Å². The van der Waals surface area contributed by atoms with Crippen molar-refractivity contribution in [3.05, 3.63) is 78.0 Å². The van der Waals surface area contributed by atoms with Crippen molar-refractivity contribution < 1.29 is 19.1 Å². The van der Waals surface area contributed by atoms with Gasteiger partial charge in [0.1, 0.15) is 5.75 Å². The van der Waals surface area contributed by atoms with Crippen LogP contribution in [-0.2, 0) is 11.2 Å². The fourth-order valence-corrected chi connectivity index (χ4v) is 2.99. The Morgan fingerprint density at radius 1 is 1.15 bits per heavy atom. The maximum absolute atomic E-state index is 13.1. The molecular formula is C21H19NO4. The number of carbonyl (C=O) groups is 2. The van der Waals surface area contributed by atoms with E-state index in [1.165, 1.54) is 17.9 Å². The molecular weight excluding hydrogens is 330 g/mol. The van der Waals surface area contributed by atoms with Crippen LogP contribution in [-0.4, -0.2) is 30.7 Å². The van der Waals surface area contributed by atoms with E-state index >= 15 is 0 Å². The van der Waals surface area contributed by atoms with Crippen LogP contribution in [0.5, 0.6) is 5.75 Å². The van der Waals surface area contributed by atoms with Gasteiger partial charge in [0.25, 0.3) is 5.91 Å². The molecule has 0 aliphatic carbocycles. The molecule has 132 valence electrons. The van der Waals surface area contributed by atoms with Crippen molar-refractivity contribution in [2.45, 2.75) is 6.42 Å². The predicted molar refractivity (Wildman–Crippen MR) is 99.9 cm³/mol. The fraction of sp³-hybridized carbons (Fsp3) is 0.143. The topological polar surface area (TPSA) is 57.5 Å². The predicted octanol–water partition coefficient (Wildman–Crippen LogP) is 3.85. The van der Waals surface area contributed by atoms with Gasteiger partial charge in [0.15, 0.2) is 0 Å². The smallest absolute Gasteiger partial charge is 0.340 e. The molecule has 3 rings (SSSR count). The van der Waals surface area contributed by atoms with Gasteiger partial charge in [-0.05, 0) is 36.2 Å². The summed E-state index contributed by atoms with van der Waals surface area (Å²) in [6, 6.07) is 12.5. The minimum Gasteiger partial charge on any atom is -0.496 e. The molecule has 0 saturated heterocycles. The number of para-hydroxylation sites is 1. The maximum atomic E-state index is 13.1. The molecule has 5 heteroatoms. The minimum atomic E-state index is -0.477. The summed E-state index contributed by atoms with van der Waals surface area (Å²) >= 11 is 0. The maximum Gasteiger partial charge on any atom is 0.340 e. The number of carbonyl (C=O) groups excluding carboxylic acids is 2. The van der Waals surface area contributed by atoms with Gasteiger partial charge in [-0.15, -0.1) is 6.58 Å². The van der Waals surface area contributed by atoms with Gasteiger partial charge in [-0.2, -0.15) is 0 Å². The zero-order chi connectivity index (χ0) is 18.7. The third-order valence-electron chi connectivity index (χ3n) is 4.23. The number of aromatic nitrogens is 1. The van der Waals surface area contributed by atoms with E-state index in [0.29, 0.717) is 34.2 Å². The largest absolute Gasteiger partial charge is 0.496 e. The summed E-state index contributed by atoms with van der Waals surface area (Å²) in [6.45, 7) is 3.74. The molecule has 0 atom stereocenters. The van der Waals surface area contributed by atoms with Crippen LogP contribution in [0.3, 0.4) is 0 Å². The number of rotatable bonds is 5. The summed E-state index contributed by atoms with van der Waals surface area (Å²) in [7, 11) is 2.91. The van der Waals surface area contributed by atoms with E-state index in [1.807, 2.05) is 12.1 Å². The zero-order valence-electron chi connectivity index (χ0n) is 14.7. The first-order chi connectivity index (χ1) is 12.6. The molecule has 26 heavy (non-hydrogen) atoms. The molecule has 2 aromatic carbocycles. The summed E-state index contributed by atoms with van der Waals surface area (Å²) < 4.78 is 11.6. The van der Waals surface area contributed by atoms with Gasteiger partial charge in [-0.3, -0.25) is 9.36 Å². The standard InChI is InChI=1S/C21H19NO4/c1-4-7-14-12-15(10-11-19(14)25-2)20(23)22-13-17(21(24)26-3)16-8-5-6-9-18(16)22/h4-6,8-13H,1,7H2,2-3H3. The quantitative estimate of drug-likeness (QED) is 0.518. The van der Waals surface area contributed by atoms with Gasteiger partial charge in [0.2, 0.25) is 0 Å². The van der Waals surface area contributed by atoms with Crippen LogP contribution in [0.25, 0.3) is 10.9 Å². The van der Waals surface area contributed by atoms with E-state index in [2.05, 4.69) is 6.58 Å². The molecule has 0 radical (unpaired) electrons. The highest BCUT2D eigenvalue weighted by Crippen LogP contribution is 2.25. The molecule has 0 N–H and O–H groups in total. The second-order valence-corrected chi connectivity index (χ2v) is 5.75. The van der Waals surface area contributed by atoms with Gasteiger partial charge >= 0.3 is 5.97 Å². The van der Waals surface area contributed by atoms with E-state index in [4.69, 9.17) is 9.47 Å². The molecule has 0 bridgehead atoms. The first-order valence-corrected chi connectivity index (χ1v) is 8.11. The van der Waals surface area contributed by atoms with E-state index < -0.39 is 5.97 Å². The number of methoxy groups -OCH3 is 2. The second kappa shape index (κ2) is 7.27. The Morgan fingerprint density at radius 2 is 1.92 bits per heavy atom. The third-order valence-corrected chi connectivity index (χ3v) is 4.23. The third kappa shape index (κ3) is 2.99. The van der Waals surface area contributed by atoms with Crippen molar-refractivity contribution in [1.82, 2.24) is 4.57 Å². The number of hydrogen-bond acceptors (Lipinski definition) is 4. The molecule has 5 nitrogen and oxygen atoms in total. The van der Waals surface area contributed by atoms with Crippen molar-refractivity contribution in [3.63, 3.8) is 0 Å². The molecule has 0 saturated carbocycles. The first kappa shape index (κ1) is 17.5. The highest BCUT2D eigenvalue weighted by atomic mass is 16.5. The van der Waals surface area contributed by atoms with Crippen LogP contribution >= 0.6 is 0 Å². The summed E-state index contributed by atoms with van der Waals surface area (Å²) in [4.78, 5) is 25.1. The Morgan fingerprint density at radius 3 is 2.62 bits per heavy atom. The summed E-state index contributed by atoms with van der Waals surface area (Å²) in [6.07, 6.45) is 3.87. The Kier molecular flexibility index (Phi) is 4.89. The Bertz CT molecular complexity index is 1000. The van der Waals surface area contributed by atoms with Crippen molar-refractivity contribution in [3.8, 4) is 5.75 Å². The highest BCUT2D eigenvalue weighted by Gasteiger charge is 2.20. The number of benzene rings is 2. The Labute approximate surface area is 151 Å². The molecule has 1 aromatic heterocycles. The number of hydrogen-bond donors (Lipinski definition) is 0. The van der Waals surface area contributed by atoms with E-state index in [1.54, 1.807) is 43.5 Å². The van der Waals surface area contributed by atoms with Gasteiger partial charge in [-0.25, -0.2) is 4.79 Å². The van der Waals surface area contributed by atoms with Gasteiger partial charge < -0.3 is 9.47 Å². The summed E-state index contributed by atoms with van der Waals surface area (Å²) in [5, 5.41) is 0.674. The number of nitrogens with zero attached hydrogens (tertiary/aromatic N) is 1. The Balaban J connectivity index is 2.12. The molecule has 0 amide bonds.